The van der Waals surface area contributed by atoms with Gasteiger partial charge < -0.3 is 20.4 Å². The Bertz CT molecular complexity index is 83.8. The van der Waals surface area contributed by atoms with Crippen LogP contribution in [0.25, 0.3) is 0 Å². The van der Waals surface area contributed by atoms with Crippen LogP contribution in [-0.4, -0.2) is 45.3 Å². The van der Waals surface area contributed by atoms with Gasteiger partial charge in [-0.1, -0.05) is 0 Å². The highest BCUT2D eigenvalue weighted by Gasteiger charge is 2.14. The largest absolute Gasteiger partial charge is 0.394 e. The summed E-state index contributed by atoms with van der Waals surface area (Å²) in [5, 5.41) is 34.7. The number of hydrogen-bond donors (Lipinski definition) is 4. The molecule has 0 aliphatic carbocycles. The van der Waals surface area contributed by atoms with Crippen molar-refractivity contribution in [2.45, 2.75) is 31.7 Å². The van der Waals surface area contributed by atoms with Crippen molar-refractivity contribution >= 4 is 0 Å². The van der Waals surface area contributed by atoms with E-state index in [1.807, 2.05) is 0 Å². The van der Waals surface area contributed by atoms with E-state index >= 15 is 0 Å². The maximum absolute atomic E-state index is 8.91. The van der Waals surface area contributed by atoms with Crippen molar-refractivity contribution in [3.05, 3.63) is 0 Å². The molecule has 0 saturated carbocycles. The molecule has 0 aromatic carbocycles. The lowest BCUT2D eigenvalue weighted by atomic mass is 10.1. The molecule has 3 atom stereocenters. The minimum Gasteiger partial charge on any atom is -0.394 e. The van der Waals surface area contributed by atoms with Crippen LogP contribution in [0.15, 0.2) is 0 Å². The van der Waals surface area contributed by atoms with Crippen LogP contribution in [0, 0.1) is 0 Å². The first-order chi connectivity index (χ1) is 4.57. The van der Waals surface area contributed by atoms with Gasteiger partial charge in [-0.05, 0) is 6.92 Å². The Morgan fingerprint density at radius 3 is 2.00 bits per heavy atom. The van der Waals surface area contributed by atoms with Crippen LogP contribution in [0.2, 0.25) is 0 Å². The highest BCUT2D eigenvalue weighted by atomic mass is 16.3. The van der Waals surface area contributed by atoms with Gasteiger partial charge in [-0.3, -0.25) is 0 Å². The van der Waals surface area contributed by atoms with Gasteiger partial charge in [-0.15, -0.1) is 0 Å². The molecule has 0 amide bonds. The van der Waals surface area contributed by atoms with Crippen molar-refractivity contribution in [1.82, 2.24) is 0 Å². The number of aliphatic hydroxyl groups is 4. The van der Waals surface area contributed by atoms with Gasteiger partial charge in [-0.2, -0.15) is 0 Å². The van der Waals surface area contributed by atoms with Crippen molar-refractivity contribution in [1.29, 1.82) is 0 Å². The minimum atomic E-state index is -0.956. The van der Waals surface area contributed by atoms with Gasteiger partial charge in [0.15, 0.2) is 0 Å². The summed E-state index contributed by atoms with van der Waals surface area (Å²) in [4.78, 5) is 0. The molecule has 4 heteroatoms. The first-order valence-electron chi connectivity index (χ1n) is 3.23. The molecule has 0 aliphatic rings. The number of aliphatic hydroxyl groups excluding tert-OH is 4. The SMILES string of the molecule is CC(O)C(O)CC(O)CO. The highest BCUT2D eigenvalue weighted by molar-refractivity contribution is 4.66. The van der Waals surface area contributed by atoms with E-state index in [-0.39, 0.29) is 13.0 Å². The average molecular weight is 150 g/mol. The minimum absolute atomic E-state index is 0.00810. The van der Waals surface area contributed by atoms with Crippen molar-refractivity contribution in [3.8, 4) is 0 Å². The van der Waals surface area contributed by atoms with Crippen LogP contribution in [0.1, 0.15) is 13.3 Å². The van der Waals surface area contributed by atoms with Crippen LogP contribution in [0.3, 0.4) is 0 Å². The third-order valence-electron chi connectivity index (χ3n) is 1.28. The van der Waals surface area contributed by atoms with Gasteiger partial charge >= 0.3 is 0 Å². The van der Waals surface area contributed by atoms with Gasteiger partial charge in [0, 0.05) is 6.42 Å². The normalized spacial score (nSPS) is 20.1. The molecule has 0 bridgehead atoms. The Morgan fingerprint density at radius 1 is 1.20 bits per heavy atom. The van der Waals surface area contributed by atoms with Crippen molar-refractivity contribution in [2.24, 2.45) is 0 Å². The molecule has 4 N–H and O–H groups in total. The molecule has 0 aromatic heterocycles. The van der Waals surface area contributed by atoms with E-state index in [2.05, 4.69) is 0 Å². The molecule has 0 aromatic rings. The van der Waals surface area contributed by atoms with Gasteiger partial charge in [-0.25, -0.2) is 0 Å². The third kappa shape index (κ3) is 3.79. The lowest BCUT2D eigenvalue weighted by Crippen LogP contribution is -2.29. The fourth-order valence-corrected chi connectivity index (χ4v) is 0.550. The van der Waals surface area contributed by atoms with Gasteiger partial charge in [0.2, 0.25) is 0 Å². The molecule has 0 saturated heterocycles. The molecule has 0 aliphatic heterocycles. The molecule has 0 spiro atoms. The Morgan fingerprint density at radius 2 is 1.70 bits per heavy atom. The standard InChI is InChI=1S/C6H14O4/c1-4(8)6(10)2-5(9)3-7/h4-10H,2-3H2,1H3. The van der Waals surface area contributed by atoms with E-state index in [4.69, 9.17) is 20.4 Å². The van der Waals surface area contributed by atoms with E-state index in [1.54, 1.807) is 0 Å². The predicted molar refractivity (Wildman–Crippen MR) is 35.4 cm³/mol. The summed E-state index contributed by atoms with van der Waals surface area (Å²) in [7, 11) is 0. The smallest absolute Gasteiger partial charge is 0.0821 e. The second-order valence-corrected chi connectivity index (χ2v) is 2.38. The fourth-order valence-electron chi connectivity index (χ4n) is 0.550. The average Bonchev–Trinajstić information content (AvgIpc) is 1.87. The summed E-state index contributed by atoms with van der Waals surface area (Å²) in [6.45, 7) is 1.04. The van der Waals surface area contributed by atoms with Crippen molar-refractivity contribution in [2.75, 3.05) is 6.61 Å². The second-order valence-electron chi connectivity index (χ2n) is 2.38. The molecule has 10 heavy (non-hydrogen) atoms. The second kappa shape index (κ2) is 4.62. The van der Waals surface area contributed by atoms with Crippen LogP contribution in [0.5, 0.6) is 0 Å². The van der Waals surface area contributed by atoms with Gasteiger partial charge in [0.25, 0.3) is 0 Å². The fraction of sp³-hybridized carbons (Fsp3) is 1.00. The highest BCUT2D eigenvalue weighted by Crippen LogP contribution is 2.01. The molecular formula is C6H14O4. The zero-order valence-corrected chi connectivity index (χ0v) is 5.94. The molecule has 62 valence electrons. The Balaban J connectivity index is 3.46. The van der Waals surface area contributed by atoms with Gasteiger partial charge in [0.05, 0.1) is 24.9 Å². The maximum Gasteiger partial charge on any atom is 0.0821 e. The summed E-state index contributed by atoms with van der Waals surface area (Å²) in [6, 6.07) is 0. The van der Waals surface area contributed by atoms with E-state index < -0.39 is 18.3 Å². The van der Waals surface area contributed by atoms with E-state index in [1.165, 1.54) is 6.92 Å². The first-order valence-corrected chi connectivity index (χ1v) is 3.23. The van der Waals surface area contributed by atoms with Crippen molar-refractivity contribution in [3.63, 3.8) is 0 Å². The zero-order chi connectivity index (χ0) is 8.15. The lowest BCUT2D eigenvalue weighted by molar-refractivity contribution is -0.0157. The van der Waals surface area contributed by atoms with Crippen LogP contribution < -0.4 is 0 Å². The summed E-state index contributed by atoms with van der Waals surface area (Å²) in [6.07, 6.45) is -2.75. The van der Waals surface area contributed by atoms with Gasteiger partial charge in [0.1, 0.15) is 0 Å². The van der Waals surface area contributed by atoms with E-state index in [0.29, 0.717) is 0 Å². The predicted octanol–water partition coefficient (Wildman–Crippen LogP) is -1.53. The number of hydrogen-bond acceptors (Lipinski definition) is 4. The molecule has 0 heterocycles. The first kappa shape index (κ1) is 9.84. The monoisotopic (exact) mass is 150 g/mol. The number of rotatable bonds is 4. The van der Waals surface area contributed by atoms with E-state index in [9.17, 15) is 0 Å². The quantitative estimate of drug-likeness (QED) is 0.392. The molecule has 0 rings (SSSR count). The van der Waals surface area contributed by atoms with Crippen molar-refractivity contribution < 1.29 is 20.4 Å². The summed E-state index contributed by atoms with van der Waals surface area (Å²) >= 11 is 0. The van der Waals surface area contributed by atoms with Crippen LogP contribution in [0.4, 0.5) is 0 Å². The molecule has 4 nitrogen and oxygen atoms in total. The lowest BCUT2D eigenvalue weighted by Gasteiger charge is -2.15. The van der Waals surface area contributed by atoms with Crippen LogP contribution in [-0.2, 0) is 0 Å². The summed E-state index contributed by atoms with van der Waals surface area (Å²) in [5.41, 5.74) is 0. The third-order valence-corrected chi connectivity index (χ3v) is 1.28. The summed E-state index contributed by atoms with van der Waals surface area (Å²) < 4.78 is 0. The van der Waals surface area contributed by atoms with E-state index in [0.717, 1.165) is 0 Å². The Kier molecular flexibility index (Phi) is 4.55. The topological polar surface area (TPSA) is 80.9 Å². The molecular weight excluding hydrogens is 136 g/mol. The Hall–Kier alpha value is -0.160. The Labute approximate surface area is 59.7 Å². The zero-order valence-electron chi connectivity index (χ0n) is 5.94. The molecule has 0 fully saturated rings. The summed E-state index contributed by atoms with van der Waals surface area (Å²) in [5.74, 6) is 0. The molecule has 0 radical (unpaired) electrons. The molecule has 3 unspecified atom stereocenters. The maximum atomic E-state index is 8.91. The van der Waals surface area contributed by atoms with Crippen LogP contribution >= 0.6 is 0 Å².